The predicted molar refractivity (Wildman–Crippen MR) is 79.2 cm³/mol. The summed E-state index contributed by atoms with van der Waals surface area (Å²) >= 11 is 0. The van der Waals surface area contributed by atoms with Crippen LogP contribution in [0.2, 0.25) is 0 Å². The highest BCUT2D eigenvalue weighted by Gasteiger charge is 2.16. The number of aryl methyl sites for hydroxylation is 1. The Kier molecular flexibility index (Phi) is 4.96. The van der Waals surface area contributed by atoms with Crippen LogP contribution in [0.1, 0.15) is 32.0 Å². The topological polar surface area (TPSA) is 67.1 Å². The van der Waals surface area contributed by atoms with Crippen molar-refractivity contribution in [3.05, 3.63) is 11.9 Å². The molecule has 106 valence electrons. The van der Waals surface area contributed by atoms with Crippen LogP contribution in [-0.2, 0) is 6.42 Å². The van der Waals surface area contributed by atoms with Gasteiger partial charge in [-0.3, -0.25) is 0 Å². The first kappa shape index (κ1) is 14.1. The molecule has 0 aromatic carbocycles. The van der Waals surface area contributed by atoms with Gasteiger partial charge in [0.25, 0.3) is 0 Å². The number of nitrogens with two attached hydrogens (primary N) is 1. The third-order valence-corrected chi connectivity index (χ3v) is 3.81. The first-order chi connectivity index (χ1) is 9.17. The molecule has 19 heavy (non-hydrogen) atoms. The van der Waals surface area contributed by atoms with E-state index in [-0.39, 0.29) is 0 Å². The van der Waals surface area contributed by atoms with E-state index >= 15 is 0 Å². The van der Waals surface area contributed by atoms with Crippen molar-refractivity contribution < 1.29 is 0 Å². The van der Waals surface area contributed by atoms with Crippen LogP contribution in [-0.4, -0.2) is 41.5 Å². The van der Waals surface area contributed by atoms with Gasteiger partial charge in [0.1, 0.15) is 17.5 Å². The summed E-state index contributed by atoms with van der Waals surface area (Å²) < 4.78 is 0. The van der Waals surface area contributed by atoms with Crippen LogP contribution in [0.15, 0.2) is 6.07 Å². The Bertz CT molecular complexity index is 399. The van der Waals surface area contributed by atoms with Crippen molar-refractivity contribution in [3.8, 4) is 0 Å². The fourth-order valence-electron chi connectivity index (χ4n) is 2.52. The van der Waals surface area contributed by atoms with Gasteiger partial charge in [-0.15, -0.1) is 0 Å². The maximum Gasteiger partial charge on any atom is 0.132 e. The number of nitrogens with zero attached hydrogens (tertiary/aromatic N) is 3. The van der Waals surface area contributed by atoms with Gasteiger partial charge in [-0.1, -0.05) is 6.92 Å². The van der Waals surface area contributed by atoms with Crippen LogP contribution in [0.25, 0.3) is 0 Å². The van der Waals surface area contributed by atoms with E-state index in [1.165, 1.54) is 32.4 Å². The molecule has 0 unspecified atom stereocenters. The smallest absolute Gasteiger partial charge is 0.132 e. The van der Waals surface area contributed by atoms with Crippen LogP contribution in [0.5, 0.6) is 0 Å². The molecule has 1 aromatic rings. The van der Waals surface area contributed by atoms with Gasteiger partial charge in [0.2, 0.25) is 0 Å². The lowest BCUT2D eigenvalue weighted by Gasteiger charge is -2.28. The van der Waals surface area contributed by atoms with Crippen molar-refractivity contribution in [1.29, 1.82) is 0 Å². The zero-order valence-electron chi connectivity index (χ0n) is 12.0. The average Bonchev–Trinajstić information content (AvgIpc) is 2.40. The highest BCUT2D eigenvalue weighted by molar-refractivity contribution is 5.44. The molecule has 1 aliphatic rings. The van der Waals surface area contributed by atoms with Gasteiger partial charge in [-0.05, 0) is 45.3 Å². The second-order valence-electron chi connectivity index (χ2n) is 5.41. The number of piperidine rings is 1. The molecule has 1 fully saturated rings. The van der Waals surface area contributed by atoms with E-state index < -0.39 is 0 Å². The van der Waals surface area contributed by atoms with Crippen LogP contribution in [0.3, 0.4) is 0 Å². The van der Waals surface area contributed by atoms with Crippen molar-refractivity contribution in [3.63, 3.8) is 0 Å². The average molecular weight is 263 g/mol. The Morgan fingerprint density at radius 1 is 1.37 bits per heavy atom. The molecule has 1 aliphatic heterocycles. The summed E-state index contributed by atoms with van der Waals surface area (Å²) in [6.45, 7) is 5.46. The third kappa shape index (κ3) is 4.35. The lowest BCUT2D eigenvalue weighted by molar-refractivity contribution is 0.215. The molecule has 1 aromatic heterocycles. The third-order valence-electron chi connectivity index (χ3n) is 3.81. The van der Waals surface area contributed by atoms with Crippen LogP contribution in [0, 0.1) is 5.92 Å². The lowest BCUT2D eigenvalue weighted by atomic mass is 9.94. The highest BCUT2D eigenvalue weighted by Crippen LogP contribution is 2.19. The van der Waals surface area contributed by atoms with Gasteiger partial charge in [0.05, 0.1) is 0 Å². The zero-order chi connectivity index (χ0) is 13.7. The van der Waals surface area contributed by atoms with Crippen LogP contribution in [0.4, 0.5) is 11.6 Å². The van der Waals surface area contributed by atoms with Crippen molar-refractivity contribution in [2.45, 2.75) is 32.6 Å². The Morgan fingerprint density at radius 2 is 2.11 bits per heavy atom. The van der Waals surface area contributed by atoms with E-state index in [0.717, 1.165) is 30.5 Å². The summed E-state index contributed by atoms with van der Waals surface area (Å²) in [5.74, 6) is 3.06. The van der Waals surface area contributed by atoms with Crippen LogP contribution < -0.4 is 11.1 Å². The Balaban J connectivity index is 1.77. The molecule has 0 saturated carbocycles. The van der Waals surface area contributed by atoms with E-state index in [0.29, 0.717) is 5.82 Å². The Hall–Kier alpha value is -1.36. The minimum atomic E-state index is 0.550. The Morgan fingerprint density at radius 3 is 2.79 bits per heavy atom. The first-order valence-electron chi connectivity index (χ1n) is 7.23. The number of hydrogen-bond acceptors (Lipinski definition) is 5. The molecule has 5 nitrogen and oxygen atoms in total. The molecule has 0 spiro atoms. The standard InChI is InChI=1S/C14H25N5/c1-3-13-17-12(15)10-14(18-13)16-7-4-11-5-8-19(2)9-6-11/h10-11H,3-9H2,1-2H3,(H3,15,16,17,18). The number of rotatable bonds is 5. The van der Waals surface area contributed by atoms with Crippen molar-refractivity contribution in [2.24, 2.45) is 5.92 Å². The molecule has 2 rings (SSSR count). The van der Waals surface area contributed by atoms with E-state index in [2.05, 4.69) is 27.2 Å². The summed E-state index contributed by atoms with van der Waals surface area (Å²) in [4.78, 5) is 11.0. The fourth-order valence-corrected chi connectivity index (χ4v) is 2.52. The summed E-state index contributed by atoms with van der Waals surface area (Å²) in [7, 11) is 2.20. The number of aromatic nitrogens is 2. The molecule has 2 heterocycles. The molecule has 5 heteroatoms. The van der Waals surface area contributed by atoms with E-state index in [9.17, 15) is 0 Å². The molecule has 0 radical (unpaired) electrons. The lowest BCUT2D eigenvalue weighted by Crippen LogP contribution is -2.30. The van der Waals surface area contributed by atoms with Gasteiger partial charge in [-0.2, -0.15) is 0 Å². The minimum Gasteiger partial charge on any atom is -0.384 e. The summed E-state index contributed by atoms with van der Waals surface area (Å²) in [6, 6.07) is 1.81. The number of nitrogen functional groups attached to an aromatic ring is 1. The number of nitrogens with one attached hydrogen (secondary N) is 1. The van der Waals surface area contributed by atoms with E-state index in [1.807, 2.05) is 13.0 Å². The zero-order valence-corrected chi connectivity index (χ0v) is 12.0. The number of anilines is 2. The van der Waals surface area contributed by atoms with Crippen LogP contribution >= 0.6 is 0 Å². The van der Waals surface area contributed by atoms with Crippen molar-refractivity contribution >= 4 is 11.6 Å². The molecule has 1 saturated heterocycles. The SMILES string of the molecule is CCc1nc(N)cc(NCCC2CCN(C)CC2)n1. The molecular formula is C14H25N5. The second kappa shape index (κ2) is 6.70. The normalized spacial score (nSPS) is 17.6. The summed E-state index contributed by atoms with van der Waals surface area (Å²) in [6.07, 6.45) is 4.64. The quantitative estimate of drug-likeness (QED) is 0.847. The van der Waals surface area contributed by atoms with Gasteiger partial charge >= 0.3 is 0 Å². The minimum absolute atomic E-state index is 0.550. The maximum absolute atomic E-state index is 5.77. The van der Waals surface area contributed by atoms with E-state index in [4.69, 9.17) is 5.73 Å². The Labute approximate surface area is 115 Å². The van der Waals surface area contributed by atoms with E-state index in [1.54, 1.807) is 0 Å². The van der Waals surface area contributed by atoms with Gasteiger partial charge in [-0.25, -0.2) is 9.97 Å². The molecular weight excluding hydrogens is 238 g/mol. The molecule has 0 aliphatic carbocycles. The van der Waals surface area contributed by atoms with Crippen molar-refractivity contribution in [1.82, 2.24) is 14.9 Å². The number of likely N-dealkylation sites (tertiary alicyclic amines) is 1. The summed E-state index contributed by atoms with van der Waals surface area (Å²) in [5.41, 5.74) is 5.77. The predicted octanol–water partition coefficient (Wildman–Crippen LogP) is 1.76. The largest absolute Gasteiger partial charge is 0.384 e. The second-order valence-corrected chi connectivity index (χ2v) is 5.41. The number of hydrogen-bond donors (Lipinski definition) is 2. The first-order valence-corrected chi connectivity index (χ1v) is 7.23. The van der Waals surface area contributed by atoms with Gasteiger partial charge in [0.15, 0.2) is 0 Å². The maximum atomic E-state index is 5.77. The molecule has 0 amide bonds. The van der Waals surface area contributed by atoms with Gasteiger partial charge in [0, 0.05) is 19.0 Å². The highest BCUT2D eigenvalue weighted by atomic mass is 15.1. The molecule has 0 atom stereocenters. The van der Waals surface area contributed by atoms with Crippen molar-refractivity contribution in [2.75, 3.05) is 37.7 Å². The van der Waals surface area contributed by atoms with Gasteiger partial charge < -0.3 is 16.0 Å². The summed E-state index contributed by atoms with van der Waals surface area (Å²) in [5, 5.41) is 3.37. The molecule has 3 N–H and O–H groups in total. The monoisotopic (exact) mass is 263 g/mol. The fraction of sp³-hybridized carbons (Fsp3) is 0.714. The molecule has 0 bridgehead atoms.